The Morgan fingerprint density at radius 2 is 2.00 bits per heavy atom. The molecule has 1 aromatic rings. The lowest BCUT2D eigenvalue weighted by Gasteiger charge is -2.03. The number of hydrogen-bond acceptors (Lipinski definition) is 6. The summed E-state index contributed by atoms with van der Waals surface area (Å²) in [6.45, 7) is 2.77. The van der Waals surface area contributed by atoms with Crippen LogP contribution in [0.15, 0.2) is 23.1 Å². The zero-order valence-corrected chi connectivity index (χ0v) is 10.6. The average Bonchev–Trinajstić information content (AvgIpc) is 2.34. The summed E-state index contributed by atoms with van der Waals surface area (Å²) in [6.07, 6.45) is 1.99. The third kappa shape index (κ3) is 3.97. The lowest BCUT2D eigenvalue weighted by Crippen LogP contribution is -2.05. The number of unbranched alkanes of at least 4 members (excludes halogenated alkanes) is 1. The maximum atomic E-state index is 10.8. The first-order chi connectivity index (χ1) is 8.56. The van der Waals surface area contributed by atoms with E-state index in [1.807, 2.05) is 6.92 Å². The standard InChI is InChI=1S/C10H13N3O4S/c1-2-3-6-11-18-10-5-4-8(12(14)15)7-9(10)13(16)17/h4-5,7,11H,2-3,6H2,1H3. The molecular formula is C10H13N3O4S. The van der Waals surface area contributed by atoms with Crippen molar-refractivity contribution in [2.75, 3.05) is 6.54 Å². The van der Waals surface area contributed by atoms with Crippen molar-refractivity contribution in [3.63, 3.8) is 0 Å². The fraction of sp³-hybridized carbons (Fsp3) is 0.400. The Labute approximate surface area is 108 Å². The number of benzene rings is 1. The van der Waals surface area contributed by atoms with E-state index in [4.69, 9.17) is 0 Å². The van der Waals surface area contributed by atoms with Gasteiger partial charge in [-0.3, -0.25) is 25.0 Å². The summed E-state index contributed by atoms with van der Waals surface area (Å²) >= 11 is 1.12. The zero-order valence-electron chi connectivity index (χ0n) is 9.79. The summed E-state index contributed by atoms with van der Waals surface area (Å²) in [7, 11) is 0. The fourth-order valence-electron chi connectivity index (χ4n) is 1.23. The maximum Gasteiger partial charge on any atom is 0.291 e. The van der Waals surface area contributed by atoms with Gasteiger partial charge in [-0.15, -0.1) is 0 Å². The largest absolute Gasteiger partial charge is 0.291 e. The second-order valence-electron chi connectivity index (χ2n) is 3.52. The highest BCUT2D eigenvalue weighted by molar-refractivity contribution is 7.97. The lowest BCUT2D eigenvalue weighted by atomic mass is 10.3. The molecule has 0 bridgehead atoms. The molecule has 0 saturated carbocycles. The first kappa shape index (κ1) is 14.4. The van der Waals surface area contributed by atoms with Crippen LogP contribution in [-0.4, -0.2) is 16.4 Å². The van der Waals surface area contributed by atoms with Gasteiger partial charge in [0.1, 0.15) is 4.90 Å². The highest BCUT2D eigenvalue weighted by Crippen LogP contribution is 2.30. The molecule has 98 valence electrons. The topological polar surface area (TPSA) is 98.3 Å². The van der Waals surface area contributed by atoms with Crippen molar-refractivity contribution in [2.45, 2.75) is 24.7 Å². The average molecular weight is 271 g/mol. The summed E-state index contributed by atoms with van der Waals surface area (Å²) in [5, 5.41) is 21.4. The molecular weight excluding hydrogens is 258 g/mol. The van der Waals surface area contributed by atoms with E-state index in [1.54, 1.807) is 0 Å². The second kappa shape index (κ2) is 6.92. The normalized spacial score (nSPS) is 10.3. The Hall–Kier alpha value is -1.67. The van der Waals surface area contributed by atoms with Crippen molar-refractivity contribution in [1.29, 1.82) is 0 Å². The van der Waals surface area contributed by atoms with Gasteiger partial charge < -0.3 is 0 Å². The number of hydrogen-bond donors (Lipinski definition) is 1. The molecule has 0 unspecified atom stereocenters. The quantitative estimate of drug-likeness (QED) is 0.354. The summed E-state index contributed by atoms with van der Waals surface area (Å²) in [5.41, 5.74) is -0.530. The molecule has 0 aliphatic carbocycles. The van der Waals surface area contributed by atoms with Crippen molar-refractivity contribution < 1.29 is 9.85 Å². The molecule has 8 heteroatoms. The number of non-ortho nitro benzene ring substituents is 1. The smallest absolute Gasteiger partial charge is 0.260 e. The van der Waals surface area contributed by atoms with Crippen LogP contribution in [0.4, 0.5) is 11.4 Å². The van der Waals surface area contributed by atoms with E-state index >= 15 is 0 Å². The van der Waals surface area contributed by atoms with Gasteiger partial charge in [-0.1, -0.05) is 13.3 Å². The molecule has 0 fully saturated rings. The van der Waals surface area contributed by atoms with E-state index in [0.29, 0.717) is 4.90 Å². The molecule has 0 atom stereocenters. The summed E-state index contributed by atoms with van der Waals surface area (Å²) in [6, 6.07) is 3.63. The number of rotatable bonds is 7. The minimum atomic E-state index is -0.647. The van der Waals surface area contributed by atoms with Gasteiger partial charge >= 0.3 is 0 Å². The molecule has 1 rings (SSSR count). The molecule has 7 nitrogen and oxygen atoms in total. The van der Waals surface area contributed by atoms with Gasteiger partial charge in [0.25, 0.3) is 11.4 Å². The molecule has 0 spiro atoms. The minimum absolute atomic E-state index is 0.252. The van der Waals surface area contributed by atoms with E-state index in [9.17, 15) is 20.2 Å². The van der Waals surface area contributed by atoms with Crippen LogP contribution in [0.2, 0.25) is 0 Å². The number of nitro benzene ring substituents is 2. The molecule has 0 aliphatic rings. The third-order valence-electron chi connectivity index (χ3n) is 2.16. The molecule has 0 amide bonds. The highest BCUT2D eigenvalue weighted by Gasteiger charge is 2.19. The van der Waals surface area contributed by atoms with Gasteiger partial charge in [0, 0.05) is 12.6 Å². The van der Waals surface area contributed by atoms with Gasteiger partial charge in [0.05, 0.1) is 15.9 Å². The molecule has 0 aliphatic heterocycles. The zero-order chi connectivity index (χ0) is 13.5. The van der Waals surface area contributed by atoms with E-state index in [-0.39, 0.29) is 11.4 Å². The second-order valence-corrected chi connectivity index (χ2v) is 4.45. The SMILES string of the molecule is CCCCNSc1ccc([N+](=O)[O-])cc1[N+](=O)[O-]. The number of nitro groups is 2. The van der Waals surface area contributed by atoms with Gasteiger partial charge in [0.2, 0.25) is 0 Å². The summed E-state index contributed by atoms with van der Waals surface area (Å²) in [5.74, 6) is 0. The Morgan fingerprint density at radius 1 is 1.28 bits per heavy atom. The molecule has 1 N–H and O–H groups in total. The molecule has 0 heterocycles. The fourth-order valence-corrected chi connectivity index (χ4v) is 2.00. The predicted molar refractivity (Wildman–Crippen MR) is 68.5 cm³/mol. The Kier molecular flexibility index (Phi) is 5.53. The van der Waals surface area contributed by atoms with Gasteiger partial charge in [-0.25, -0.2) is 0 Å². The molecule has 18 heavy (non-hydrogen) atoms. The molecule has 1 aromatic carbocycles. The van der Waals surface area contributed by atoms with Crippen LogP contribution in [0, 0.1) is 20.2 Å². The van der Waals surface area contributed by atoms with Crippen molar-refractivity contribution in [3.8, 4) is 0 Å². The predicted octanol–water partition coefficient (Wildman–Crippen LogP) is 2.90. The first-order valence-corrected chi connectivity index (χ1v) is 6.20. The Morgan fingerprint density at radius 3 is 2.56 bits per heavy atom. The van der Waals surface area contributed by atoms with Crippen LogP contribution in [-0.2, 0) is 0 Å². The van der Waals surface area contributed by atoms with Crippen molar-refractivity contribution in [2.24, 2.45) is 0 Å². The van der Waals surface area contributed by atoms with Gasteiger partial charge in [-0.2, -0.15) is 0 Å². The van der Waals surface area contributed by atoms with Crippen molar-refractivity contribution >= 4 is 23.3 Å². The van der Waals surface area contributed by atoms with Crippen molar-refractivity contribution in [1.82, 2.24) is 4.72 Å². The minimum Gasteiger partial charge on any atom is -0.260 e. The lowest BCUT2D eigenvalue weighted by molar-refractivity contribution is -0.396. The highest BCUT2D eigenvalue weighted by atomic mass is 32.2. The van der Waals surface area contributed by atoms with Crippen LogP contribution < -0.4 is 4.72 Å². The third-order valence-corrected chi connectivity index (χ3v) is 3.08. The van der Waals surface area contributed by atoms with Crippen LogP contribution in [0.3, 0.4) is 0 Å². The van der Waals surface area contributed by atoms with Gasteiger partial charge in [0.15, 0.2) is 0 Å². The van der Waals surface area contributed by atoms with E-state index in [0.717, 1.165) is 37.4 Å². The van der Waals surface area contributed by atoms with Crippen LogP contribution in [0.1, 0.15) is 19.8 Å². The molecule has 0 radical (unpaired) electrons. The number of nitrogens with zero attached hydrogens (tertiary/aromatic N) is 2. The van der Waals surface area contributed by atoms with E-state index in [1.165, 1.54) is 12.1 Å². The maximum absolute atomic E-state index is 10.8. The van der Waals surface area contributed by atoms with Crippen LogP contribution in [0.5, 0.6) is 0 Å². The monoisotopic (exact) mass is 271 g/mol. The molecule has 0 aromatic heterocycles. The summed E-state index contributed by atoms with van der Waals surface area (Å²) in [4.78, 5) is 20.5. The first-order valence-electron chi connectivity index (χ1n) is 5.38. The summed E-state index contributed by atoms with van der Waals surface area (Å²) < 4.78 is 2.99. The van der Waals surface area contributed by atoms with E-state index in [2.05, 4.69) is 4.72 Å². The number of nitrogens with one attached hydrogen (secondary N) is 1. The molecule has 0 saturated heterocycles. The van der Waals surface area contributed by atoms with Crippen LogP contribution >= 0.6 is 11.9 Å². The Bertz CT molecular complexity index is 453. The van der Waals surface area contributed by atoms with Gasteiger partial charge in [-0.05, 0) is 24.4 Å². The van der Waals surface area contributed by atoms with E-state index < -0.39 is 9.85 Å². The van der Waals surface area contributed by atoms with Crippen LogP contribution in [0.25, 0.3) is 0 Å². The Balaban J connectivity index is 2.83. The van der Waals surface area contributed by atoms with Crippen molar-refractivity contribution in [3.05, 3.63) is 38.4 Å².